The first-order chi connectivity index (χ1) is 12.8. The molecule has 1 amide bonds. The Morgan fingerprint density at radius 2 is 2.19 bits per heavy atom. The Morgan fingerprint density at radius 3 is 2.81 bits per heavy atom. The smallest absolute Gasteiger partial charge is 0.269 e. The summed E-state index contributed by atoms with van der Waals surface area (Å²) >= 11 is 0. The van der Waals surface area contributed by atoms with E-state index in [4.69, 9.17) is 10.5 Å². The van der Waals surface area contributed by atoms with Crippen LogP contribution in [0.1, 0.15) is 36.6 Å². The number of nitriles is 1. The molecule has 27 heavy (non-hydrogen) atoms. The molecule has 1 aromatic heterocycles. The summed E-state index contributed by atoms with van der Waals surface area (Å²) < 4.78 is 5.47. The zero-order valence-corrected chi connectivity index (χ0v) is 14.4. The highest BCUT2D eigenvalue weighted by molar-refractivity contribution is 6.13. The Bertz CT molecular complexity index is 1090. The number of hydrogen-bond donors (Lipinski definition) is 3. The molecule has 10 heteroatoms. The minimum atomic E-state index is -1.67. The second-order valence-corrected chi connectivity index (χ2v) is 6.62. The van der Waals surface area contributed by atoms with Gasteiger partial charge in [-0.2, -0.15) is 5.26 Å². The van der Waals surface area contributed by atoms with Crippen LogP contribution in [0.4, 0.5) is 11.4 Å². The molecule has 0 unspecified atom stereocenters. The number of hydrogen-bond acceptors (Lipinski definition) is 7. The van der Waals surface area contributed by atoms with E-state index < -0.39 is 16.2 Å². The summed E-state index contributed by atoms with van der Waals surface area (Å²) in [4.78, 5) is 24.0. The van der Waals surface area contributed by atoms with Gasteiger partial charge in [0.15, 0.2) is 0 Å². The number of fused-ring (bicyclic) bond motifs is 4. The minimum Gasteiger partial charge on any atom is -0.420 e. The lowest BCUT2D eigenvalue weighted by Crippen LogP contribution is -2.42. The number of nitrogens with zero attached hydrogens (tertiary/aromatic N) is 3. The number of aromatic nitrogens is 2. The number of nitro benzene ring substituents is 1. The molecule has 10 nitrogen and oxygen atoms in total. The summed E-state index contributed by atoms with van der Waals surface area (Å²) in [6.07, 6.45) is 0. The van der Waals surface area contributed by atoms with Gasteiger partial charge in [-0.3, -0.25) is 20.0 Å². The summed E-state index contributed by atoms with van der Waals surface area (Å²) in [6, 6.07) is 5.97. The van der Waals surface area contributed by atoms with E-state index in [2.05, 4.69) is 15.5 Å². The Morgan fingerprint density at radius 1 is 1.44 bits per heavy atom. The van der Waals surface area contributed by atoms with Gasteiger partial charge in [-0.25, -0.2) is 0 Å². The molecule has 0 saturated carbocycles. The van der Waals surface area contributed by atoms with Crippen molar-refractivity contribution in [1.29, 1.82) is 5.26 Å². The summed E-state index contributed by atoms with van der Waals surface area (Å²) in [7, 11) is 0. The number of carbonyl (C=O) groups is 1. The Labute approximate surface area is 152 Å². The lowest BCUT2D eigenvalue weighted by atomic mass is 9.68. The quantitative estimate of drug-likeness (QED) is 0.539. The van der Waals surface area contributed by atoms with Crippen LogP contribution in [0.15, 0.2) is 29.7 Å². The Balaban J connectivity index is 2.16. The van der Waals surface area contributed by atoms with Crippen LogP contribution in [-0.2, 0) is 10.2 Å². The van der Waals surface area contributed by atoms with Crippen molar-refractivity contribution >= 4 is 17.3 Å². The van der Waals surface area contributed by atoms with Crippen molar-refractivity contribution < 1.29 is 14.5 Å². The van der Waals surface area contributed by atoms with Crippen LogP contribution in [0.25, 0.3) is 0 Å². The summed E-state index contributed by atoms with van der Waals surface area (Å²) in [6.45, 7) is 3.77. The third-order valence-corrected chi connectivity index (χ3v) is 4.86. The Kier molecular flexibility index (Phi) is 3.26. The summed E-state index contributed by atoms with van der Waals surface area (Å²) in [5.41, 5.74) is 5.50. The molecule has 0 radical (unpaired) electrons. The van der Waals surface area contributed by atoms with Crippen molar-refractivity contribution in [2.75, 3.05) is 5.32 Å². The number of anilines is 1. The fraction of sp³-hybridized carbons (Fsp3) is 0.235. The third kappa shape index (κ3) is 1.93. The molecule has 136 valence electrons. The van der Waals surface area contributed by atoms with Crippen LogP contribution in [0.3, 0.4) is 0 Å². The highest BCUT2D eigenvalue weighted by Crippen LogP contribution is 2.55. The van der Waals surface area contributed by atoms with E-state index in [0.717, 1.165) is 0 Å². The average molecular weight is 366 g/mol. The zero-order valence-electron chi connectivity index (χ0n) is 14.4. The maximum atomic E-state index is 13.2. The highest BCUT2D eigenvalue weighted by atomic mass is 16.6. The molecule has 2 aliphatic rings. The topological polar surface area (TPSA) is 160 Å². The first kappa shape index (κ1) is 16.6. The molecule has 0 aliphatic carbocycles. The summed E-state index contributed by atoms with van der Waals surface area (Å²) in [5.74, 6) is -0.812. The number of amides is 1. The van der Waals surface area contributed by atoms with Crippen molar-refractivity contribution in [1.82, 2.24) is 10.2 Å². The van der Waals surface area contributed by atoms with E-state index in [9.17, 15) is 20.2 Å². The molecule has 1 atom stereocenters. The molecule has 0 bridgehead atoms. The Hall–Kier alpha value is -3.87. The van der Waals surface area contributed by atoms with E-state index in [0.29, 0.717) is 16.9 Å². The number of rotatable bonds is 2. The second-order valence-electron chi connectivity index (χ2n) is 6.62. The predicted molar refractivity (Wildman–Crippen MR) is 92.6 cm³/mol. The molecule has 2 aromatic rings. The molecule has 1 aromatic carbocycles. The van der Waals surface area contributed by atoms with Gasteiger partial charge < -0.3 is 15.8 Å². The van der Waals surface area contributed by atoms with Crippen LogP contribution in [0, 0.1) is 21.4 Å². The van der Waals surface area contributed by atoms with Gasteiger partial charge in [-0.15, -0.1) is 5.10 Å². The number of carbonyl (C=O) groups excluding carboxylic acids is 1. The number of ether oxygens (including phenoxy) is 1. The second kappa shape index (κ2) is 5.31. The zero-order chi connectivity index (χ0) is 19.5. The van der Waals surface area contributed by atoms with Crippen molar-refractivity contribution in [2.45, 2.75) is 25.2 Å². The number of non-ortho nitro benzene ring substituents is 1. The SMILES string of the molecule is CC(C)c1[nH]nc2c1[C@@]1(C(=O)Nc3ccc([N+](=O)[O-])cc31)C(C#N)=C(N)O2. The molecule has 3 heterocycles. The fourth-order valence-electron chi connectivity index (χ4n) is 3.70. The first-order valence-electron chi connectivity index (χ1n) is 8.09. The highest BCUT2D eigenvalue weighted by Gasteiger charge is 2.59. The van der Waals surface area contributed by atoms with Crippen molar-refractivity contribution in [3.05, 3.63) is 56.6 Å². The lowest BCUT2D eigenvalue weighted by molar-refractivity contribution is -0.384. The number of H-pyrrole nitrogens is 1. The summed E-state index contributed by atoms with van der Waals surface area (Å²) in [5, 5.41) is 30.7. The van der Waals surface area contributed by atoms with Gasteiger partial charge >= 0.3 is 0 Å². The molecule has 4 N–H and O–H groups in total. The molecule has 0 saturated heterocycles. The number of nitro groups is 1. The van der Waals surface area contributed by atoms with E-state index >= 15 is 0 Å². The largest absolute Gasteiger partial charge is 0.420 e. The number of nitrogens with two attached hydrogens (primary N) is 1. The van der Waals surface area contributed by atoms with Gasteiger partial charge in [0.25, 0.3) is 5.69 Å². The van der Waals surface area contributed by atoms with E-state index in [1.54, 1.807) is 0 Å². The predicted octanol–water partition coefficient (Wildman–Crippen LogP) is 1.77. The number of aromatic amines is 1. The van der Waals surface area contributed by atoms with Crippen molar-refractivity contribution in [3.63, 3.8) is 0 Å². The van der Waals surface area contributed by atoms with Crippen LogP contribution >= 0.6 is 0 Å². The first-order valence-corrected chi connectivity index (χ1v) is 8.09. The van der Waals surface area contributed by atoms with E-state index in [1.165, 1.54) is 18.2 Å². The molecule has 0 fully saturated rings. The van der Waals surface area contributed by atoms with Crippen molar-refractivity contribution in [2.24, 2.45) is 5.73 Å². The van der Waals surface area contributed by atoms with E-state index in [1.807, 2.05) is 19.9 Å². The van der Waals surface area contributed by atoms with Crippen LogP contribution in [0.5, 0.6) is 5.88 Å². The standard InChI is InChI=1S/C17H14N6O4/c1-7(2)13-12-15(22-21-13)27-14(19)10(6-18)17(12)9-5-8(23(25)26)3-4-11(9)20-16(17)24/h3-5,7H,19H2,1-2H3,(H,20,24)(H,21,22)/t17-/m0/s1. The van der Waals surface area contributed by atoms with Gasteiger partial charge in [-0.1, -0.05) is 13.8 Å². The molecular formula is C17H14N6O4. The average Bonchev–Trinajstić information content (AvgIpc) is 3.15. The number of nitrogens with one attached hydrogen (secondary N) is 2. The minimum absolute atomic E-state index is 0.0738. The van der Waals surface area contributed by atoms with Gasteiger partial charge in [0.05, 0.1) is 10.5 Å². The number of benzene rings is 1. The third-order valence-electron chi connectivity index (χ3n) is 4.86. The van der Waals surface area contributed by atoms with Gasteiger partial charge in [-0.05, 0) is 12.0 Å². The van der Waals surface area contributed by atoms with Crippen LogP contribution < -0.4 is 15.8 Å². The van der Waals surface area contributed by atoms with E-state index in [-0.39, 0.29) is 34.5 Å². The lowest BCUT2D eigenvalue weighted by Gasteiger charge is -2.32. The van der Waals surface area contributed by atoms with Crippen molar-refractivity contribution in [3.8, 4) is 11.9 Å². The van der Waals surface area contributed by atoms with Gasteiger partial charge in [0.1, 0.15) is 17.1 Å². The van der Waals surface area contributed by atoms with Gasteiger partial charge in [0.2, 0.25) is 17.7 Å². The maximum absolute atomic E-state index is 13.2. The molecular weight excluding hydrogens is 352 g/mol. The molecule has 4 rings (SSSR count). The molecule has 1 spiro atoms. The fourth-order valence-corrected chi connectivity index (χ4v) is 3.70. The maximum Gasteiger partial charge on any atom is 0.269 e. The van der Waals surface area contributed by atoms with Gasteiger partial charge in [0, 0.05) is 29.1 Å². The van der Waals surface area contributed by atoms with Crippen LogP contribution in [0.2, 0.25) is 0 Å². The monoisotopic (exact) mass is 366 g/mol. The normalized spacial score (nSPS) is 20.1. The molecule has 2 aliphatic heterocycles. The van der Waals surface area contributed by atoms with Crippen LogP contribution in [-0.4, -0.2) is 21.0 Å².